The summed E-state index contributed by atoms with van der Waals surface area (Å²) in [6, 6.07) is 15.3. The zero-order valence-corrected chi connectivity index (χ0v) is 11.5. The van der Waals surface area contributed by atoms with Crippen LogP contribution in [0.4, 0.5) is 4.39 Å². The highest BCUT2D eigenvalue weighted by molar-refractivity contribution is 5.33. The molecule has 0 amide bonds. The van der Waals surface area contributed by atoms with E-state index in [2.05, 4.69) is 36.5 Å². The molecule has 2 rings (SSSR count). The number of halogens is 1. The Labute approximate surface area is 114 Å². The van der Waals surface area contributed by atoms with Crippen LogP contribution < -0.4 is 5.32 Å². The lowest BCUT2D eigenvalue weighted by Gasteiger charge is -2.17. The van der Waals surface area contributed by atoms with Gasteiger partial charge in [-0.2, -0.15) is 0 Å². The van der Waals surface area contributed by atoms with Crippen LogP contribution in [-0.4, -0.2) is 7.05 Å². The molecule has 0 aliphatic carbocycles. The first kappa shape index (κ1) is 13.8. The summed E-state index contributed by atoms with van der Waals surface area (Å²) >= 11 is 0. The van der Waals surface area contributed by atoms with Crippen molar-refractivity contribution in [3.63, 3.8) is 0 Å². The zero-order valence-electron chi connectivity index (χ0n) is 11.5. The fraction of sp³-hybridized carbons (Fsp3) is 0.294. The van der Waals surface area contributed by atoms with Crippen LogP contribution in [-0.2, 0) is 6.42 Å². The fourth-order valence-corrected chi connectivity index (χ4v) is 2.38. The molecule has 1 nitrogen and oxygen atoms in total. The molecule has 1 N–H and O–H groups in total. The summed E-state index contributed by atoms with van der Waals surface area (Å²) in [5, 5.41) is 3.25. The van der Waals surface area contributed by atoms with Gasteiger partial charge in [0, 0.05) is 0 Å². The highest BCUT2D eigenvalue weighted by atomic mass is 19.1. The molecule has 0 heterocycles. The predicted octanol–water partition coefficient (Wildman–Crippen LogP) is 4.09. The van der Waals surface area contributed by atoms with Crippen molar-refractivity contribution < 1.29 is 4.39 Å². The maximum absolute atomic E-state index is 13.3. The molecule has 0 fully saturated rings. The zero-order chi connectivity index (χ0) is 13.7. The lowest BCUT2D eigenvalue weighted by molar-refractivity contribution is 0.616. The van der Waals surface area contributed by atoms with E-state index in [1.807, 2.05) is 13.1 Å². The van der Waals surface area contributed by atoms with E-state index in [1.54, 1.807) is 12.1 Å². The van der Waals surface area contributed by atoms with Crippen molar-refractivity contribution in [1.82, 2.24) is 5.32 Å². The van der Waals surface area contributed by atoms with Gasteiger partial charge >= 0.3 is 0 Å². The summed E-state index contributed by atoms with van der Waals surface area (Å²) in [5.74, 6) is -0.194. The molecule has 1 unspecified atom stereocenters. The molecule has 0 aliphatic heterocycles. The Balaban J connectivity index is 2.26. The van der Waals surface area contributed by atoms with Crippen LogP contribution in [0.25, 0.3) is 0 Å². The lowest BCUT2D eigenvalue weighted by atomic mass is 9.97. The first-order valence-corrected chi connectivity index (χ1v) is 6.76. The van der Waals surface area contributed by atoms with E-state index in [-0.39, 0.29) is 11.9 Å². The van der Waals surface area contributed by atoms with Crippen LogP contribution in [0.5, 0.6) is 0 Å². The maximum atomic E-state index is 13.3. The van der Waals surface area contributed by atoms with E-state index in [0.717, 1.165) is 24.0 Å². The molecular formula is C17H20FN. The number of aryl methyl sites for hydroxylation is 1. The fourth-order valence-electron chi connectivity index (χ4n) is 2.38. The predicted molar refractivity (Wildman–Crippen MR) is 77.7 cm³/mol. The van der Waals surface area contributed by atoms with Gasteiger partial charge in [0.2, 0.25) is 0 Å². The average molecular weight is 257 g/mol. The maximum Gasteiger partial charge on any atom is 0.123 e. The van der Waals surface area contributed by atoms with Gasteiger partial charge in [-0.1, -0.05) is 49.7 Å². The molecule has 0 saturated carbocycles. The molecule has 2 aromatic rings. The van der Waals surface area contributed by atoms with Gasteiger partial charge in [-0.05, 0) is 42.3 Å². The van der Waals surface area contributed by atoms with Crippen molar-refractivity contribution in [3.8, 4) is 0 Å². The minimum absolute atomic E-state index is 0.0337. The van der Waals surface area contributed by atoms with E-state index in [0.29, 0.717) is 0 Å². The van der Waals surface area contributed by atoms with Crippen LogP contribution in [0, 0.1) is 5.82 Å². The molecule has 2 heteroatoms. The van der Waals surface area contributed by atoms with Crippen molar-refractivity contribution in [1.29, 1.82) is 0 Å². The van der Waals surface area contributed by atoms with Crippen LogP contribution in [0.3, 0.4) is 0 Å². The minimum atomic E-state index is -0.194. The Morgan fingerprint density at radius 1 is 1.05 bits per heavy atom. The van der Waals surface area contributed by atoms with E-state index in [9.17, 15) is 4.39 Å². The number of nitrogens with one attached hydrogen (secondary N) is 1. The van der Waals surface area contributed by atoms with Gasteiger partial charge in [-0.25, -0.2) is 4.39 Å². The largest absolute Gasteiger partial charge is 0.309 e. The topological polar surface area (TPSA) is 12.0 Å². The molecule has 1 atom stereocenters. The van der Waals surface area contributed by atoms with Crippen LogP contribution >= 0.6 is 0 Å². The monoisotopic (exact) mass is 257 g/mol. The Kier molecular flexibility index (Phi) is 4.69. The summed E-state index contributed by atoms with van der Waals surface area (Å²) in [4.78, 5) is 0. The lowest BCUT2D eigenvalue weighted by Crippen LogP contribution is -2.17. The molecule has 2 aromatic carbocycles. The normalized spacial score (nSPS) is 12.4. The molecule has 0 spiro atoms. The molecule has 0 bridgehead atoms. The summed E-state index contributed by atoms with van der Waals surface area (Å²) < 4.78 is 13.3. The quantitative estimate of drug-likeness (QED) is 0.850. The van der Waals surface area contributed by atoms with E-state index < -0.39 is 0 Å². The number of hydrogen-bond donors (Lipinski definition) is 1. The standard InChI is InChI=1S/C17H20FN/c1-3-5-13-8-10-14(11-9-13)17(19-2)15-6-4-7-16(18)12-15/h4,6-12,17,19H,3,5H2,1-2H3. The molecule has 0 aromatic heterocycles. The number of rotatable bonds is 5. The van der Waals surface area contributed by atoms with Crippen molar-refractivity contribution in [2.75, 3.05) is 7.05 Å². The Hall–Kier alpha value is -1.67. The second kappa shape index (κ2) is 6.48. The Morgan fingerprint density at radius 2 is 1.79 bits per heavy atom. The Bertz CT molecular complexity index is 519. The second-order valence-corrected chi connectivity index (χ2v) is 4.77. The van der Waals surface area contributed by atoms with E-state index in [4.69, 9.17) is 0 Å². The third kappa shape index (κ3) is 3.42. The van der Waals surface area contributed by atoms with Crippen molar-refractivity contribution in [3.05, 3.63) is 71.0 Å². The van der Waals surface area contributed by atoms with Crippen molar-refractivity contribution >= 4 is 0 Å². The van der Waals surface area contributed by atoms with Gasteiger partial charge in [0.05, 0.1) is 6.04 Å². The summed E-state index contributed by atoms with van der Waals surface area (Å²) in [6.45, 7) is 2.18. The minimum Gasteiger partial charge on any atom is -0.309 e. The smallest absolute Gasteiger partial charge is 0.123 e. The highest BCUT2D eigenvalue weighted by Crippen LogP contribution is 2.22. The van der Waals surface area contributed by atoms with E-state index >= 15 is 0 Å². The third-order valence-electron chi connectivity index (χ3n) is 3.32. The highest BCUT2D eigenvalue weighted by Gasteiger charge is 2.12. The summed E-state index contributed by atoms with van der Waals surface area (Å²) in [6.07, 6.45) is 2.25. The van der Waals surface area contributed by atoms with Crippen LogP contribution in [0.2, 0.25) is 0 Å². The van der Waals surface area contributed by atoms with Gasteiger partial charge < -0.3 is 5.32 Å². The Morgan fingerprint density at radius 3 is 2.37 bits per heavy atom. The van der Waals surface area contributed by atoms with Crippen LogP contribution in [0.15, 0.2) is 48.5 Å². The molecule has 19 heavy (non-hydrogen) atoms. The second-order valence-electron chi connectivity index (χ2n) is 4.77. The van der Waals surface area contributed by atoms with Crippen LogP contribution in [0.1, 0.15) is 36.1 Å². The average Bonchev–Trinajstić information content (AvgIpc) is 2.42. The molecule has 100 valence electrons. The molecule has 0 radical (unpaired) electrons. The summed E-state index contributed by atoms with van der Waals surface area (Å²) in [7, 11) is 1.90. The van der Waals surface area contributed by atoms with Gasteiger partial charge in [-0.3, -0.25) is 0 Å². The van der Waals surface area contributed by atoms with Crippen molar-refractivity contribution in [2.24, 2.45) is 0 Å². The SMILES string of the molecule is CCCc1ccc(C(NC)c2cccc(F)c2)cc1. The number of hydrogen-bond acceptors (Lipinski definition) is 1. The third-order valence-corrected chi connectivity index (χ3v) is 3.32. The first-order valence-electron chi connectivity index (χ1n) is 6.76. The van der Waals surface area contributed by atoms with Gasteiger partial charge in [0.15, 0.2) is 0 Å². The van der Waals surface area contributed by atoms with Gasteiger partial charge in [0.1, 0.15) is 5.82 Å². The first-order chi connectivity index (χ1) is 9.24. The molecular weight excluding hydrogens is 237 g/mol. The molecule has 0 aliphatic rings. The summed E-state index contributed by atoms with van der Waals surface area (Å²) in [5.41, 5.74) is 3.46. The van der Waals surface area contributed by atoms with Gasteiger partial charge in [-0.15, -0.1) is 0 Å². The molecule has 0 saturated heterocycles. The number of benzene rings is 2. The van der Waals surface area contributed by atoms with E-state index in [1.165, 1.54) is 11.6 Å². The van der Waals surface area contributed by atoms with Gasteiger partial charge in [0.25, 0.3) is 0 Å². The van der Waals surface area contributed by atoms with Crippen molar-refractivity contribution in [2.45, 2.75) is 25.8 Å².